The number of aromatic hydroxyl groups is 1. The largest absolute Gasteiger partial charge is 0.508 e. The molecule has 0 unspecified atom stereocenters. The van der Waals surface area contributed by atoms with E-state index in [9.17, 15) is 34.9 Å². The number of nitrogens with zero attached hydrogens (tertiary/aromatic N) is 1. The summed E-state index contributed by atoms with van der Waals surface area (Å²) in [6.07, 6.45) is 2.52. The Morgan fingerprint density at radius 1 is 1.02 bits per heavy atom. The third-order valence-corrected chi connectivity index (χ3v) is 9.39. The first-order valence-electron chi connectivity index (χ1n) is 14.9. The van der Waals surface area contributed by atoms with Crippen molar-refractivity contribution < 1.29 is 39.5 Å². The predicted molar refractivity (Wildman–Crippen MR) is 172 cm³/mol. The lowest BCUT2D eigenvalue weighted by atomic mass is 9.58. The summed E-state index contributed by atoms with van der Waals surface area (Å²) in [4.78, 5) is 28.7. The first-order valence-corrected chi connectivity index (χ1v) is 15.3. The fourth-order valence-corrected chi connectivity index (χ4v) is 7.28. The zero-order valence-corrected chi connectivity index (χ0v) is 25.0. The van der Waals surface area contributed by atoms with Crippen molar-refractivity contribution in [3.8, 4) is 5.75 Å². The minimum Gasteiger partial charge on any atom is -0.508 e. The van der Waals surface area contributed by atoms with Crippen molar-refractivity contribution in [3.63, 3.8) is 0 Å². The minimum absolute atomic E-state index is 0.0605. The number of aliphatic hydroxyl groups is 1. The fraction of sp³-hybridized carbons (Fsp3) is 0.273. The second kappa shape index (κ2) is 13.0. The van der Waals surface area contributed by atoms with Crippen molar-refractivity contribution in [2.24, 2.45) is 17.8 Å². The number of amides is 2. The molecule has 0 bridgehead atoms. The fourth-order valence-electron chi connectivity index (χ4n) is 7.05. The average molecular weight is 628 g/mol. The van der Waals surface area contributed by atoms with Crippen LogP contribution in [0.15, 0.2) is 83.9 Å². The SMILES string of the molecule is O=C1[C@@H]2[C@@H](CC(CO)=C3[C@@H](CC/C(=C/c4ccc(O)cc4Cl)c4ccccc4)OB(O)C[C@@H]32)C(=O)N1c1cccc(B(O)O)c1. The van der Waals surface area contributed by atoms with Crippen LogP contribution in [0.2, 0.25) is 11.3 Å². The molecule has 0 spiro atoms. The highest BCUT2D eigenvalue weighted by atomic mass is 35.5. The van der Waals surface area contributed by atoms with Crippen LogP contribution in [0.5, 0.6) is 5.75 Å². The third-order valence-electron chi connectivity index (χ3n) is 9.06. The number of hydrogen-bond acceptors (Lipinski definition) is 8. The average Bonchev–Trinajstić information content (AvgIpc) is 3.28. The van der Waals surface area contributed by atoms with Crippen LogP contribution >= 0.6 is 11.6 Å². The summed E-state index contributed by atoms with van der Waals surface area (Å²) < 4.78 is 6.06. The lowest BCUT2D eigenvalue weighted by molar-refractivity contribution is -0.122. The number of halogens is 1. The summed E-state index contributed by atoms with van der Waals surface area (Å²) in [6, 6.07) is 20.5. The molecular weight excluding hydrogens is 595 g/mol. The maximum atomic E-state index is 13.9. The molecule has 45 heavy (non-hydrogen) atoms. The molecule has 0 aromatic heterocycles. The molecule has 2 amide bonds. The molecule has 2 fully saturated rings. The smallest absolute Gasteiger partial charge is 0.488 e. The van der Waals surface area contributed by atoms with Crippen molar-refractivity contribution >= 4 is 60.5 Å². The number of anilines is 1. The van der Waals surface area contributed by atoms with Gasteiger partial charge in [0.25, 0.3) is 0 Å². The molecule has 2 heterocycles. The Morgan fingerprint density at radius 3 is 2.51 bits per heavy atom. The van der Waals surface area contributed by atoms with Gasteiger partial charge in [0.1, 0.15) is 5.75 Å². The van der Waals surface area contributed by atoms with Gasteiger partial charge in [-0.1, -0.05) is 54.1 Å². The molecule has 3 aromatic carbocycles. The van der Waals surface area contributed by atoms with Crippen LogP contribution in [0.3, 0.4) is 0 Å². The van der Waals surface area contributed by atoms with Crippen molar-refractivity contribution in [1.29, 1.82) is 0 Å². The number of hydrogen-bond donors (Lipinski definition) is 5. The van der Waals surface area contributed by atoms with Gasteiger partial charge in [0.2, 0.25) is 11.8 Å². The molecule has 5 N–H and O–H groups in total. The Balaban J connectivity index is 1.31. The van der Waals surface area contributed by atoms with E-state index in [0.717, 1.165) is 27.2 Å². The van der Waals surface area contributed by atoms with E-state index < -0.39 is 49.9 Å². The number of benzene rings is 3. The van der Waals surface area contributed by atoms with Gasteiger partial charge in [-0.3, -0.25) is 14.5 Å². The molecule has 2 saturated heterocycles. The van der Waals surface area contributed by atoms with Crippen molar-refractivity contribution in [1.82, 2.24) is 0 Å². The van der Waals surface area contributed by atoms with E-state index in [1.807, 2.05) is 36.4 Å². The number of fused-ring (bicyclic) bond motifs is 3. The van der Waals surface area contributed by atoms with Gasteiger partial charge in [0.15, 0.2) is 0 Å². The van der Waals surface area contributed by atoms with Gasteiger partial charge in [-0.2, -0.15) is 0 Å². The Kier molecular flexibility index (Phi) is 9.01. The summed E-state index contributed by atoms with van der Waals surface area (Å²) in [5.74, 6) is -2.79. The summed E-state index contributed by atoms with van der Waals surface area (Å²) in [7, 11) is -2.94. The predicted octanol–water partition coefficient (Wildman–Crippen LogP) is 3.04. The number of phenolic OH excluding ortho intramolecular Hbond substituents is 1. The molecule has 3 aromatic rings. The van der Waals surface area contributed by atoms with E-state index >= 15 is 0 Å². The number of imide groups is 1. The number of carbonyl (C=O) groups is 2. The minimum atomic E-state index is -1.76. The van der Waals surface area contributed by atoms with Gasteiger partial charge in [-0.15, -0.1) is 0 Å². The van der Waals surface area contributed by atoms with Gasteiger partial charge >= 0.3 is 14.2 Å². The molecule has 0 saturated carbocycles. The van der Waals surface area contributed by atoms with E-state index in [0.29, 0.717) is 23.4 Å². The standard InChI is InChI=1S/C33H32B2ClNO8/c36-28-16-25(39)11-9-21(28)13-20(19-5-2-1-3-6-19)10-12-29-30-22(18-38)14-26-31(27(30)17-34(42)45-29)33(41)37(32(26)40)24-8-4-7-23(15-24)35(43)44/h1-9,11,13,15-16,26-27,29,31,38-39,42-44H,10,12,14,17-18H2/b20-13-/t26-,27+,29-,31-/m1/s1. The van der Waals surface area contributed by atoms with Crippen molar-refractivity contribution in [3.05, 3.63) is 100 Å². The second-order valence-electron chi connectivity index (χ2n) is 11.7. The van der Waals surface area contributed by atoms with E-state index in [1.54, 1.807) is 24.3 Å². The summed E-state index contributed by atoms with van der Waals surface area (Å²) >= 11 is 6.43. The Labute approximate surface area is 266 Å². The van der Waals surface area contributed by atoms with Gasteiger partial charge in [-0.25, -0.2) is 0 Å². The first kappa shape index (κ1) is 31.3. The molecule has 0 radical (unpaired) electrons. The van der Waals surface area contributed by atoms with Crippen LogP contribution < -0.4 is 10.4 Å². The molecule has 230 valence electrons. The molecule has 6 rings (SSSR count). The third kappa shape index (κ3) is 6.12. The monoisotopic (exact) mass is 627 g/mol. The lowest BCUT2D eigenvalue weighted by Crippen LogP contribution is -2.46. The maximum Gasteiger partial charge on any atom is 0.488 e. The quantitative estimate of drug-likeness (QED) is 0.111. The van der Waals surface area contributed by atoms with Crippen molar-refractivity contribution in [2.75, 3.05) is 11.5 Å². The van der Waals surface area contributed by atoms with Crippen LogP contribution in [0.4, 0.5) is 5.69 Å². The summed E-state index contributed by atoms with van der Waals surface area (Å²) in [6.45, 7) is -0.316. The van der Waals surface area contributed by atoms with E-state index in [-0.39, 0.29) is 36.2 Å². The molecule has 1 aliphatic carbocycles. The Morgan fingerprint density at radius 2 is 1.80 bits per heavy atom. The summed E-state index contributed by atoms with van der Waals surface area (Å²) in [5.41, 5.74) is 4.39. The second-order valence-corrected chi connectivity index (χ2v) is 12.1. The Hall–Kier alpha value is -3.70. The molecule has 9 nitrogen and oxygen atoms in total. The first-order chi connectivity index (χ1) is 21.7. The molecular formula is C33H32B2ClNO8. The number of carbonyl (C=O) groups excluding carboxylic acids is 2. The van der Waals surface area contributed by atoms with Gasteiger partial charge in [0.05, 0.1) is 35.3 Å². The Bertz CT molecular complexity index is 1680. The zero-order valence-electron chi connectivity index (χ0n) is 24.3. The zero-order chi connectivity index (χ0) is 31.8. The van der Waals surface area contributed by atoms with Crippen LogP contribution in [-0.2, 0) is 14.2 Å². The van der Waals surface area contributed by atoms with Gasteiger partial charge in [-0.05, 0) is 101 Å². The van der Waals surface area contributed by atoms with E-state index in [2.05, 4.69) is 0 Å². The van der Waals surface area contributed by atoms with E-state index in [4.69, 9.17) is 16.3 Å². The topological polar surface area (TPSA) is 148 Å². The summed E-state index contributed by atoms with van der Waals surface area (Å²) in [5, 5.41) is 50.9. The molecule has 12 heteroatoms. The number of phenols is 1. The van der Waals surface area contributed by atoms with Crippen LogP contribution in [0.1, 0.15) is 30.4 Å². The normalized spacial score (nSPS) is 23.4. The highest BCUT2D eigenvalue weighted by molar-refractivity contribution is 6.58. The van der Waals surface area contributed by atoms with Gasteiger partial charge < -0.3 is 29.9 Å². The highest BCUT2D eigenvalue weighted by Crippen LogP contribution is 2.51. The maximum absolute atomic E-state index is 13.9. The van der Waals surface area contributed by atoms with Crippen molar-refractivity contribution in [2.45, 2.75) is 31.7 Å². The molecule has 3 aliphatic rings. The lowest BCUT2D eigenvalue weighted by Gasteiger charge is -2.43. The molecule has 4 atom stereocenters. The highest BCUT2D eigenvalue weighted by Gasteiger charge is 2.57. The van der Waals surface area contributed by atoms with E-state index in [1.165, 1.54) is 18.2 Å². The molecule has 2 aliphatic heterocycles. The van der Waals surface area contributed by atoms with Gasteiger partial charge in [0, 0.05) is 0 Å². The number of aliphatic hydroxyl groups excluding tert-OH is 1. The van der Waals surface area contributed by atoms with Crippen LogP contribution in [0.25, 0.3) is 11.6 Å². The number of rotatable bonds is 8. The van der Waals surface area contributed by atoms with Crippen LogP contribution in [-0.4, -0.2) is 64.0 Å². The number of allylic oxidation sites excluding steroid dienone is 1. The van der Waals surface area contributed by atoms with Crippen LogP contribution in [0, 0.1) is 17.8 Å².